The Labute approximate surface area is 70.9 Å². The summed E-state index contributed by atoms with van der Waals surface area (Å²) in [6.07, 6.45) is 3.09. The number of carboxylic acid groups (broad SMARTS) is 1. The van der Waals surface area contributed by atoms with Gasteiger partial charge in [0, 0.05) is 12.5 Å². The van der Waals surface area contributed by atoms with Gasteiger partial charge >= 0.3 is 6.16 Å². The fourth-order valence-electron chi connectivity index (χ4n) is 2.32. The molecule has 0 aromatic carbocycles. The van der Waals surface area contributed by atoms with Crippen molar-refractivity contribution in [3.8, 4) is 0 Å². The van der Waals surface area contributed by atoms with Gasteiger partial charge < -0.3 is 9.84 Å². The second kappa shape index (κ2) is 2.94. The molecule has 1 saturated heterocycles. The van der Waals surface area contributed by atoms with Crippen LogP contribution in [-0.4, -0.2) is 23.5 Å². The van der Waals surface area contributed by atoms with Gasteiger partial charge in [-0.15, -0.1) is 0 Å². The van der Waals surface area contributed by atoms with E-state index in [-0.39, 0.29) is 6.23 Å². The van der Waals surface area contributed by atoms with Crippen LogP contribution in [0.3, 0.4) is 0 Å². The summed E-state index contributed by atoms with van der Waals surface area (Å²) in [4.78, 5) is 10.2. The van der Waals surface area contributed by atoms with Crippen molar-refractivity contribution in [2.45, 2.75) is 38.0 Å². The molecule has 1 heterocycles. The number of ether oxygens (including phenoxy) is 1. The molecule has 0 radical (unpaired) electrons. The maximum absolute atomic E-state index is 10.2. The average molecular weight is 171 g/mol. The number of rotatable bonds is 1. The number of hydrogen-bond acceptors (Lipinski definition) is 3. The van der Waals surface area contributed by atoms with Crippen molar-refractivity contribution in [1.82, 2.24) is 5.32 Å². The van der Waals surface area contributed by atoms with E-state index in [0.717, 1.165) is 6.42 Å². The van der Waals surface area contributed by atoms with E-state index in [2.05, 4.69) is 10.1 Å². The van der Waals surface area contributed by atoms with E-state index in [9.17, 15) is 4.79 Å². The van der Waals surface area contributed by atoms with E-state index in [1.165, 1.54) is 19.3 Å². The molecule has 2 unspecified atom stereocenters. The molecule has 2 aliphatic rings. The molecular weight excluding hydrogens is 158 g/mol. The van der Waals surface area contributed by atoms with Gasteiger partial charge in [-0.2, -0.15) is 0 Å². The molecule has 12 heavy (non-hydrogen) atoms. The molecule has 2 rings (SSSR count). The van der Waals surface area contributed by atoms with Crippen LogP contribution in [0, 0.1) is 5.92 Å². The molecule has 1 aliphatic heterocycles. The quantitative estimate of drug-likeness (QED) is 0.581. The van der Waals surface area contributed by atoms with E-state index in [1.807, 2.05) is 0 Å². The lowest BCUT2D eigenvalue weighted by atomic mass is 10.0. The summed E-state index contributed by atoms with van der Waals surface area (Å²) in [6, 6.07) is 0.509. The van der Waals surface area contributed by atoms with Crippen LogP contribution in [0.1, 0.15) is 25.7 Å². The highest BCUT2D eigenvalue weighted by molar-refractivity contribution is 5.57. The molecule has 0 aromatic rings. The predicted octanol–water partition coefficient (Wildman–Crippen LogP) is 1.17. The first-order valence-corrected chi connectivity index (χ1v) is 4.41. The molecule has 4 heteroatoms. The molecule has 0 aromatic heterocycles. The zero-order chi connectivity index (χ0) is 8.55. The second-order valence-corrected chi connectivity index (χ2v) is 3.57. The van der Waals surface area contributed by atoms with Crippen LogP contribution in [0.2, 0.25) is 0 Å². The van der Waals surface area contributed by atoms with Crippen LogP contribution in [0.5, 0.6) is 0 Å². The van der Waals surface area contributed by atoms with Gasteiger partial charge in [0.15, 0.2) is 6.23 Å². The molecule has 2 N–H and O–H groups in total. The Bertz CT molecular complexity index is 183. The van der Waals surface area contributed by atoms with Crippen LogP contribution in [-0.2, 0) is 4.74 Å². The molecule has 1 saturated carbocycles. The van der Waals surface area contributed by atoms with E-state index in [4.69, 9.17) is 5.11 Å². The Morgan fingerprint density at radius 1 is 1.50 bits per heavy atom. The van der Waals surface area contributed by atoms with Gasteiger partial charge in [-0.05, 0) is 18.8 Å². The number of hydrogen-bond donors (Lipinski definition) is 2. The first-order valence-electron chi connectivity index (χ1n) is 4.41. The molecule has 3 atom stereocenters. The zero-order valence-electron chi connectivity index (χ0n) is 6.82. The first-order chi connectivity index (χ1) is 5.75. The van der Waals surface area contributed by atoms with Crippen molar-refractivity contribution >= 4 is 6.16 Å². The summed E-state index contributed by atoms with van der Waals surface area (Å²) < 4.78 is 4.65. The van der Waals surface area contributed by atoms with Gasteiger partial charge in [0.25, 0.3) is 0 Å². The van der Waals surface area contributed by atoms with Gasteiger partial charge in [0.1, 0.15) is 0 Å². The number of nitrogens with one attached hydrogen (secondary N) is 1. The topological polar surface area (TPSA) is 58.6 Å². The molecular formula is C8H13NO3. The van der Waals surface area contributed by atoms with Crippen LogP contribution < -0.4 is 5.32 Å². The number of fused-ring (bicyclic) bond motifs is 1. The molecule has 2 fully saturated rings. The molecule has 0 amide bonds. The molecule has 0 bridgehead atoms. The Morgan fingerprint density at radius 2 is 2.33 bits per heavy atom. The normalized spacial score (nSPS) is 39.5. The first kappa shape index (κ1) is 7.86. The average Bonchev–Trinajstić information content (AvgIpc) is 2.43. The van der Waals surface area contributed by atoms with Crippen molar-refractivity contribution in [3.05, 3.63) is 0 Å². The summed E-state index contributed by atoms with van der Waals surface area (Å²) in [5.74, 6) is 0.648. The Kier molecular flexibility index (Phi) is 1.92. The maximum atomic E-state index is 10.2. The Hall–Kier alpha value is -0.770. The minimum Gasteiger partial charge on any atom is -0.450 e. The van der Waals surface area contributed by atoms with Gasteiger partial charge in [-0.1, -0.05) is 6.42 Å². The van der Waals surface area contributed by atoms with Crippen molar-refractivity contribution in [2.24, 2.45) is 5.92 Å². The smallest absolute Gasteiger partial charge is 0.450 e. The van der Waals surface area contributed by atoms with Gasteiger partial charge in [0.05, 0.1) is 0 Å². The van der Waals surface area contributed by atoms with Crippen molar-refractivity contribution < 1.29 is 14.6 Å². The lowest BCUT2D eigenvalue weighted by Crippen LogP contribution is -2.32. The molecule has 0 spiro atoms. The standard InChI is InChI=1S/C8H13NO3/c10-8(11)12-7-4-5-2-1-3-6(5)9-7/h5-7,9H,1-4H2,(H,10,11)/t5?,6-,7?/m1/s1. The van der Waals surface area contributed by atoms with Crippen LogP contribution in [0.15, 0.2) is 0 Å². The van der Waals surface area contributed by atoms with Crippen molar-refractivity contribution in [3.63, 3.8) is 0 Å². The lowest BCUT2D eigenvalue weighted by molar-refractivity contribution is 0.0420. The highest BCUT2D eigenvalue weighted by Crippen LogP contribution is 2.34. The van der Waals surface area contributed by atoms with E-state index >= 15 is 0 Å². The summed E-state index contributed by atoms with van der Waals surface area (Å²) in [5.41, 5.74) is 0. The Morgan fingerprint density at radius 3 is 3.00 bits per heavy atom. The minimum atomic E-state index is -1.17. The molecule has 4 nitrogen and oxygen atoms in total. The monoisotopic (exact) mass is 171 g/mol. The van der Waals surface area contributed by atoms with Crippen LogP contribution in [0.25, 0.3) is 0 Å². The van der Waals surface area contributed by atoms with Gasteiger partial charge in [-0.25, -0.2) is 4.79 Å². The fraction of sp³-hybridized carbons (Fsp3) is 0.875. The van der Waals surface area contributed by atoms with Crippen molar-refractivity contribution in [2.75, 3.05) is 0 Å². The highest BCUT2D eigenvalue weighted by atomic mass is 16.7. The van der Waals surface area contributed by atoms with E-state index in [1.54, 1.807) is 0 Å². The van der Waals surface area contributed by atoms with Crippen LogP contribution >= 0.6 is 0 Å². The highest BCUT2D eigenvalue weighted by Gasteiger charge is 2.38. The SMILES string of the molecule is O=C(O)OC1CC2CCC[C@H]2N1. The zero-order valence-corrected chi connectivity index (χ0v) is 6.82. The summed E-state index contributed by atoms with van der Waals surface area (Å²) in [7, 11) is 0. The summed E-state index contributed by atoms with van der Waals surface area (Å²) in [5, 5.41) is 11.6. The van der Waals surface area contributed by atoms with E-state index < -0.39 is 6.16 Å². The third-order valence-electron chi connectivity index (χ3n) is 2.82. The third kappa shape index (κ3) is 1.39. The third-order valence-corrected chi connectivity index (χ3v) is 2.82. The van der Waals surface area contributed by atoms with Crippen LogP contribution in [0.4, 0.5) is 4.79 Å². The Balaban J connectivity index is 1.86. The predicted molar refractivity (Wildman–Crippen MR) is 41.8 cm³/mol. The maximum Gasteiger partial charge on any atom is 0.507 e. The second-order valence-electron chi connectivity index (χ2n) is 3.57. The molecule has 1 aliphatic carbocycles. The summed E-state index contributed by atoms with van der Waals surface area (Å²) in [6.45, 7) is 0. The van der Waals surface area contributed by atoms with Gasteiger partial charge in [-0.3, -0.25) is 5.32 Å². The summed E-state index contributed by atoms with van der Waals surface area (Å²) >= 11 is 0. The largest absolute Gasteiger partial charge is 0.507 e. The van der Waals surface area contributed by atoms with Crippen molar-refractivity contribution in [1.29, 1.82) is 0 Å². The minimum absolute atomic E-state index is 0.252. The molecule has 68 valence electrons. The fourth-order valence-corrected chi connectivity index (χ4v) is 2.32. The van der Waals surface area contributed by atoms with Gasteiger partial charge in [0.2, 0.25) is 0 Å². The lowest BCUT2D eigenvalue weighted by Gasteiger charge is -2.10. The van der Waals surface area contributed by atoms with E-state index in [0.29, 0.717) is 12.0 Å². The number of carbonyl (C=O) groups is 1.